The van der Waals surface area contributed by atoms with Crippen molar-refractivity contribution in [2.45, 2.75) is 5.03 Å². The van der Waals surface area contributed by atoms with E-state index in [1.165, 1.54) is 66.0 Å². The summed E-state index contributed by atoms with van der Waals surface area (Å²) in [5.74, 6) is -0.644. The van der Waals surface area contributed by atoms with Crippen molar-refractivity contribution >= 4 is 39.3 Å². The minimum atomic E-state index is -0.380. The average Bonchev–Trinajstić information content (AvgIpc) is 3.12. The molecule has 2 heterocycles. The minimum Gasteiger partial charge on any atom is -0.293 e. The van der Waals surface area contributed by atoms with Gasteiger partial charge in [-0.2, -0.15) is 4.37 Å². The molecular weight excluding hydrogens is 388 g/mol. The first-order valence-electron chi connectivity index (χ1n) is 7.90. The lowest BCUT2D eigenvalue weighted by Gasteiger charge is -2.02. The zero-order valence-corrected chi connectivity index (χ0v) is 15.4. The molecule has 0 atom stereocenters. The Morgan fingerprint density at radius 3 is 2.33 bits per heavy atom. The van der Waals surface area contributed by atoms with E-state index < -0.39 is 0 Å². The molecule has 0 saturated heterocycles. The van der Waals surface area contributed by atoms with Crippen LogP contribution in [0.3, 0.4) is 0 Å². The Hall–Kier alpha value is -2.71. The normalized spacial score (nSPS) is 11.0. The molecule has 0 bridgehead atoms. The fourth-order valence-electron chi connectivity index (χ4n) is 2.50. The second kappa shape index (κ2) is 7.50. The first-order valence-corrected chi connectivity index (χ1v) is 9.65. The van der Waals surface area contributed by atoms with E-state index in [0.29, 0.717) is 21.8 Å². The number of carbonyl (C=O) groups is 1. The monoisotopic (exact) mass is 399 g/mol. The van der Waals surface area contributed by atoms with Crippen LogP contribution in [0.4, 0.5) is 8.78 Å². The summed E-state index contributed by atoms with van der Waals surface area (Å²) in [6, 6.07) is 11.5. The van der Waals surface area contributed by atoms with Gasteiger partial charge >= 0.3 is 0 Å². The van der Waals surface area contributed by atoms with E-state index in [2.05, 4.69) is 14.3 Å². The van der Waals surface area contributed by atoms with Crippen molar-refractivity contribution in [1.29, 1.82) is 0 Å². The number of Topliss-reactive ketones (excluding diaryl/α,β-unsaturated/α-hetero) is 1. The number of thioether (sulfide) groups is 1. The van der Waals surface area contributed by atoms with Crippen LogP contribution in [-0.2, 0) is 0 Å². The maximum atomic E-state index is 13.1. The third kappa shape index (κ3) is 3.72. The first-order chi connectivity index (χ1) is 13.1. The molecule has 0 N–H and O–H groups in total. The number of hydrogen-bond acceptors (Lipinski definition) is 6. The summed E-state index contributed by atoms with van der Waals surface area (Å²) in [6.45, 7) is 0. The van der Waals surface area contributed by atoms with Crippen molar-refractivity contribution in [1.82, 2.24) is 14.3 Å². The highest BCUT2D eigenvalue weighted by molar-refractivity contribution is 8.00. The molecule has 4 nitrogen and oxygen atoms in total. The van der Waals surface area contributed by atoms with Crippen molar-refractivity contribution in [3.8, 4) is 11.3 Å². The van der Waals surface area contributed by atoms with Crippen molar-refractivity contribution in [2.75, 3.05) is 5.75 Å². The Labute approximate surface area is 161 Å². The largest absolute Gasteiger partial charge is 0.293 e. The van der Waals surface area contributed by atoms with E-state index in [-0.39, 0.29) is 23.2 Å². The third-order valence-corrected chi connectivity index (χ3v) is 5.81. The second-order valence-electron chi connectivity index (χ2n) is 5.61. The van der Waals surface area contributed by atoms with Gasteiger partial charge in [-0.05, 0) is 60.1 Å². The number of nitrogens with zero attached hydrogens (tertiary/aromatic N) is 3. The molecule has 0 aliphatic rings. The van der Waals surface area contributed by atoms with E-state index in [1.807, 2.05) is 0 Å². The molecule has 4 rings (SSSR count). The van der Waals surface area contributed by atoms with Crippen LogP contribution >= 0.6 is 23.3 Å². The number of halogens is 2. The van der Waals surface area contributed by atoms with Crippen molar-refractivity contribution in [3.05, 3.63) is 72.1 Å². The zero-order chi connectivity index (χ0) is 18.8. The van der Waals surface area contributed by atoms with E-state index >= 15 is 0 Å². The van der Waals surface area contributed by atoms with Crippen LogP contribution in [0.15, 0.2) is 59.9 Å². The van der Waals surface area contributed by atoms with Gasteiger partial charge in [0.1, 0.15) is 38.9 Å². The lowest BCUT2D eigenvalue weighted by atomic mass is 10.1. The standard InChI is InChI=1S/C19H11F2N3OS2/c20-13-5-1-11(2-6-13)15(25)9-26-19-18-17(22-10-23-19)16(24-27-18)12-3-7-14(21)8-4-12/h1-8,10H,9H2. The van der Waals surface area contributed by atoms with Crippen LogP contribution in [-0.4, -0.2) is 25.9 Å². The highest BCUT2D eigenvalue weighted by atomic mass is 32.2. The zero-order valence-electron chi connectivity index (χ0n) is 13.7. The first kappa shape index (κ1) is 17.7. The van der Waals surface area contributed by atoms with Crippen LogP contribution in [0.5, 0.6) is 0 Å². The van der Waals surface area contributed by atoms with Gasteiger partial charge in [-0.1, -0.05) is 11.8 Å². The molecular formula is C19H11F2N3OS2. The van der Waals surface area contributed by atoms with Crippen molar-refractivity contribution in [2.24, 2.45) is 0 Å². The molecule has 0 aliphatic heterocycles. The molecule has 134 valence electrons. The van der Waals surface area contributed by atoms with Crippen LogP contribution in [0.25, 0.3) is 21.5 Å². The molecule has 8 heteroatoms. The predicted octanol–water partition coefficient (Wildman–Crippen LogP) is 5.01. The maximum Gasteiger partial charge on any atom is 0.173 e. The van der Waals surface area contributed by atoms with Crippen LogP contribution < -0.4 is 0 Å². The molecule has 0 spiro atoms. The highest BCUT2D eigenvalue weighted by Gasteiger charge is 2.16. The van der Waals surface area contributed by atoms with Crippen molar-refractivity contribution in [3.63, 3.8) is 0 Å². The van der Waals surface area contributed by atoms with Crippen LogP contribution in [0.2, 0.25) is 0 Å². The smallest absolute Gasteiger partial charge is 0.173 e. The molecule has 27 heavy (non-hydrogen) atoms. The molecule has 0 radical (unpaired) electrons. The topological polar surface area (TPSA) is 55.7 Å². The molecule has 0 unspecified atom stereocenters. The Balaban J connectivity index is 1.58. The van der Waals surface area contributed by atoms with Gasteiger partial charge < -0.3 is 0 Å². The Morgan fingerprint density at radius 1 is 0.963 bits per heavy atom. The van der Waals surface area contributed by atoms with Crippen LogP contribution in [0, 0.1) is 11.6 Å². The Kier molecular flexibility index (Phi) is 4.91. The molecule has 2 aromatic carbocycles. The molecule has 2 aromatic heterocycles. The summed E-state index contributed by atoms with van der Waals surface area (Å²) < 4.78 is 31.3. The number of carbonyl (C=O) groups excluding carboxylic acids is 1. The second-order valence-corrected chi connectivity index (χ2v) is 7.35. The number of aromatic nitrogens is 3. The lowest BCUT2D eigenvalue weighted by molar-refractivity contribution is 0.102. The fourth-order valence-corrected chi connectivity index (χ4v) is 4.31. The van der Waals surface area contributed by atoms with Gasteiger partial charge in [-0.15, -0.1) is 0 Å². The van der Waals surface area contributed by atoms with Gasteiger partial charge in [0.25, 0.3) is 0 Å². The summed E-state index contributed by atoms with van der Waals surface area (Å²) in [6.07, 6.45) is 1.43. The number of fused-ring (bicyclic) bond motifs is 1. The SMILES string of the molecule is O=C(CSc1ncnc2c(-c3ccc(F)cc3)nsc12)c1ccc(F)cc1. The van der Waals surface area contributed by atoms with E-state index in [1.54, 1.807) is 12.1 Å². The Bertz CT molecular complexity index is 1110. The number of hydrogen-bond donors (Lipinski definition) is 0. The molecule has 4 aromatic rings. The maximum absolute atomic E-state index is 13.1. The average molecular weight is 399 g/mol. The molecule has 0 aliphatic carbocycles. The van der Waals surface area contributed by atoms with E-state index in [9.17, 15) is 13.6 Å². The molecule has 0 fully saturated rings. The quantitative estimate of drug-likeness (QED) is 0.268. The Morgan fingerprint density at radius 2 is 1.63 bits per heavy atom. The number of benzene rings is 2. The third-order valence-electron chi connectivity index (χ3n) is 3.85. The molecule has 0 amide bonds. The summed E-state index contributed by atoms with van der Waals surface area (Å²) in [7, 11) is 0. The minimum absolute atomic E-state index is 0.116. The van der Waals surface area contributed by atoms with Gasteiger partial charge in [0.05, 0.1) is 5.75 Å². The summed E-state index contributed by atoms with van der Waals surface area (Å²) >= 11 is 2.52. The van der Waals surface area contributed by atoms with Crippen LogP contribution in [0.1, 0.15) is 10.4 Å². The van der Waals surface area contributed by atoms with Crippen molar-refractivity contribution < 1.29 is 13.6 Å². The molecule has 0 saturated carbocycles. The van der Waals surface area contributed by atoms with Gasteiger partial charge in [0.2, 0.25) is 0 Å². The van der Waals surface area contributed by atoms with Gasteiger partial charge in [0, 0.05) is 11.1 Å². The summed E-state index contributed by atoms with van der Waals surface area (Å²) in [5.41, 5.74) is 2.53. The fraction of sp³-hybridized carbons (Fsp3) is 0.0526. The van der Waals surface area contributed by atoms with Gasteiger partial charge in [-0.25, -0.2) is 18.7 Å². The highest BCUT2D eigenvalue weighted by Crippen LogP contribution is 2.34. The number of ketones is 1. The van der Waals surface area contributed by atoms with E-state index in [0.717, 1.165) is 10.3 Å². The summed E-state index contributed by atoms with van der Waals surface area (Å²) in [4.78, 5) is 20.8. The van der Waals surface area contributed by atoms with E-state index in [4.69, 9.17) is 0 Å². The number of rotatable bonds is 5. The summed E-state index contributed by atoms with van der Waals surface area (Å²) in [5, 5.41) is 0.654. The predicted molar refractivity (Wildman–Crippen MR) is 102 cm³/mol. The lowest BCUT2D eigenvalue weighted by Crippen LogP contribution is -2.02. The van der Waals surface area contributed by atoms with Gasteiger partial charge in [0.15, 0.2) is 5.78 Å². The van der Waals surface area contributed by atoms with Gasteiger partial charge in [-0.3, -0.25) is 4.79 Å².